The number of carbonyl (C=O) groups excluding carboxylic acids is 1. The van der Waals surface area contributed by atoms with Crippen LogP contribution >= 0.6 is 0 Å². The SMILES string of the molecule is CCOc1cccc(CNC(=O)c2ccc(OC)c(S(=O)(=O)NC(C)(C)C)c2)c1. The van der Waals surface area contributed by atoms with Crippen molar-refractivity contribution in [2.45, 2.75) is 44.7 Å². The van der Waals surface area contributed by atoms with Gasteiger partial charge in [-0.1, -0.05) is 12.1 Å². The number of ether oxygens (including phenoxy) is 2. The van der Waals surface area contributed by atoms with E-state index in [9.17, 15) is 13.2 Å². The summed E-state index contributed by atoms with van der Waals surface area (Å²) in [6.07, 6.45) is 0. The van der Waals surface area contributed by atoms with Gasteiger partial charge in [0.15, 0.2) is 0 Å². The van der Waals surface area contributed by atoms with E-state index in [0.717, 1.165) is 11.3 Å². The third-order valence-electron chi connectivity index (χ3n) is 3.82. The average Bonchev–Trinajstić information content (AvgIpc) is 2.64. The first kappa shape index (κ1) is 22.7. The molecule has 29 heavy (non-hydrogen) atoms. The Morgan fingerprint density at radius 2 is 1.83 bits per heavy atom. The first-order chi connectivity index (χ1) is 13.6. The molecule has 2 N–H and O–H groups in total. The molecule has 0 aliphatic rings. The van der Waals surface area contributed by atoms with Gasteiger partial charge >= 0.3 is 0 Å². The van der Waals surface area contributed by atoms with Gasteiger partial charge in [-0.3, -0.25) is 4.79 Å². The molecule has 8 heteroatoms. The van der Waals surface area contributed by atoms with Crippen LogP contribution in [0.3, 0.4) is 0 Å². The second-order valence-electron chi connectivity index (χ2n) is 7.48. The zero-order chi connectivity index (χ0) is 21.7. The van der Waals surface area contributed by atoms with Crippen LogP contribution in [0.2, 0.25) is 0 Å². The molecule has 0 saturated carbocycles. The molecule has 0 spiro atoms. The lowest BCUT2D eigenvalue weighted by Crippen LogP contribution is -2.40. The predicted molar refractivity (Wildman–Crippen MR) is 112 cm³/mol. The molecule has 2 aromatic rings. The van der Waals surface area contributed by atoms with E-state index in [-0.39, 0.29) is 28.7 Å². The van der Waals surface area contributed by atoms with E-state index >= 15 is 0 Å². The minimum absolute atomic E-state index is 0.0825. The molecule has 0 saturated heterocycles. The monoisotopic (exact) mass is 420 g/mol. The smallest absolute Gasteiger partial charge is 0.251 e. The number of rotatable bonds is 8. The summed E-state index contributed by atoms with van der Waals surface area (Å²) in [4.78, 5) is 12.5. The van der Waals surface area contributed by atoms with Crippen molar-refractivity contribution in [1.29, 1.82) is 0 Å². The molecular weight excluding hydrogens is 392 g/mol. The Bertz CT molecular complexity index is 965. The van der Waals surface area contributed by atoms with Crippen LogP contribution in [0.25, 0.3) is 0 Å². The fourth-order valence-electron chi connectivity index (χ4n) is 2.68. The van der Waals surface area contributed by atoms with Crippen LogP contribution in [-0.4, -0.2) is 33.6 Å². The van der Waals surface area contributed by atoms with E-state index in [1.165, 1.54) is 25.3 Å². The highest BCUT2D eigenvalue weighted by Gasteiger charge is 2.26. The second kappa shape index (κ2) is 9.28. The first-order valence-corrected chi connectivity index (χ1v) is 10.8. The molecule has 0 atom stereocenters. The zero-order valence-corrected chi connectivity index (χ0v) is 18.2. The number of amides is 1. The summed E-state index contributed by atoms with van der Waals surface area (Å²) in [5.74, 6) is 0.509. The highest BCUT2D eigenvalue weighted by molar-refractivity contribution is 7.89. The minimum atomic E-state index is -3.87. The number of carbonyl (C=O) groups is 1. The summed E-state index contributed by atoms with van der Waals surface area (Å²) in [6, 6.07) is 11.7. The zero-order valence-electron chi connectivity index (χ0n) is 17.4. The quantitative estimate of drug-likeness (QED) is 0.684. The van der Waals surface area contributed by atoms with Gasteiger partial charge in [0, 0.05) is 17.6 Å². The highest BCUT2D eigenvalue weighted by Crippen LogP contribution is 2.26. The lowest BCUT2D eigenvalue weighted by atomic mass is 10.1. The number of sulfonamides is 1. The maximum Gasteiger partial charge on any atom is 0.251 e. The Morgan fingerprint density at radius 3 is 2.45 bits per heavy atom. The van der Waals surface area contributed by atoms with Crippen LogP contribution in [0.5, 0.6) is 11.5 Å². The molecule has 0 aliphatic heterocycles. The van der Waals surface area contributed by atoms with Gasteiger partial charge in [0.2, 0.25) is 10.0 Å². The largest absolute Gasteiger partial charge is 0.495 e. The maximum atomic E-state index is 12.7. The number of hydrogen-bond acceptors (Lipinski definition) is 5. The molecule has 2 rings (SSSR count). The molecule has 0 radical (unpaired) electrons. The Hall–Kier alpha value is -2.58. The van der Waals surface area contributed by atoms with Crippen LogP contribution in [-0.2, 0) is 16.6 Å². The van der Waals surface area contributed by atoms with Crippen LogP contribution in [0.4, 0.5) is 0 Å². The molecule has 7 nitrogen and oxygen atoms in total. The molecule has 158 valence electrons. The summed E-state index contributed by atoms with van der Waals surface area (Å²) < 4.78 is 38.7. The minimum Gasteiger partial charge on any atom is -0.495 e. The molecular formula is C21H28N2O5S. The van der Waals surface area contributed by atoms with Crippen molar-refractivity contribution >= 4 is 15.9 Å². The van der Waals surface area contributed by atoms with Crippen molar-refractivity contribution in [3.63, 3.8) is 0 Å². The van der Waals surface area contributed by atoms with Crippen molar-refractivity contribution in [2.24, 2.45) is 0 Å². The van der Waals surface area contributed by atoms with E-state index < -0.39 is 15.6 Å². The van der Waals surface area contributed by atoms with Crippen molar-refractivity contribution in [2.75, 3.05) is 13.7 Å². The van der Waals surface area contributed by atoms with Gasteiger partial charge < -0.3 is 14.8 Å². The van der Waals surface area contributed by atoms with Crippen molar-refractivity contribution in [3.8, 4) is 11.5 Å². The standard InChI is InChI=1S/C21H28N2O5S/c1-6-28-17-9-7-8-15(12-17)14-22-20(24)16-10-11-18(27-5)19(13-16)29(25,26)23-21(2,3)4/h7-13,23H,6,14H2,1-5H3,(H,22,24). The summed E-state index contributed by atoms with van der Waals surface area (Å²) in [7, 11) is -2.48. The molecule has 0 bridgehead atoms. The van der Waals surface area contributed by atoms with Gasteiger partial charge in [-0.2, -0.15) is 0 Å². The third kappa shape index (κ3) is 6.47. The fourth-order valence-corrected chi connectivity index (χ4v) is 4.30. The van der Waals surface area contributed by atoms with Crippen LogP contribution < -0.4 is 19.5 Å². The number of nitrogens with one attached hydrogen (secondary N) is 2. The van der Waals surface area contributed by atoms with Gasteiger partial charge in [0.05, 0.1) is 13.7 Å². The first-order valence-electron chi connectivity index (χ1n) is 9.27. The Morgan fingerprint density at radius 1 is 1.10 bits per heavy atom. The summed E-state index contributed by atoms with van der Waals surface area (Å²) in [6.45, 7) is 7.96. The van der Waals surface area contributed by atoms with Gasteiger partial charge in [0.25, 0.3) is 5.91 Å². The maximum absolute atomic E-state index is 12.7. The summed E-state index contributed by atoms with van der Waals surface area (Å²) >= 11 is 0. The number of hydrogen-bond donors (Lipinski definition) is 2. The Kier molecular flexibility index (Phi) is 7.26. The molecule has 0 heterocycles. The normalized spacial score (nSPS) is 11.8. The predicted octanol–water partition coefficient (Wildman–Crippen LogP) is 3.10. The molecule has 1 amide bonds. The van der Waals surface area contributed by atoms with E-state index in [2.05, 4.69) is 10.0 Å². The van der Waals surface area contributed by atoms with Crippen LogP contribution in [0.1, 0.15) is 43.6 Å². The summed E-state index contributed by atoms with van der Waals surface area (Å²) in [5.41, 5.74) is 0.425. The van der Waals surface area contributed by atoms with Crippen molar-refractivity contribution in [3.05, 3.63) is 53.6 Å². The van der Waals surface area contributed by atoms with Gasteiger partial charge in [0.1, 0.15) is 16.4 Å². The molecule has 0 unspecified atom stereocenters. The van der Waals surface area contributed by atoms with Crippen LogP contribution in [0, 0.1) is 0 Å². The Balaban J connectivity index is 2.22. The van der Waals surface area contributed by atoms with E-state index in [0.29, 0.717) is 6.61 Å². The Labute approximate surface area is 172 Å². The lowest BCUT2D eigenvalue weighted by molar-refractivity contribution is 0.0950. The topological polar surface area (TPSA) is 93.7 Å². The lowest BCUT2D eigenvalue weighted by Gasteiger charge is -2.21. The highest BCUT2D eigenvalue weighted by atomic mass is 32.2. The average molecular weight is 421 g/mol. The van der Waals surface area contributed by atoms with Gasteiger partial charge in [-0.15, -0.1) is 0 Å². The van der Waals surface area contributed by atoms with E-state index in [1.54, 1.807) is 20.8 Å². The fraction of sp³-hybridized carbons (Fsp3) is 0.381. The third-order valence-corrected chi connectivity index (χ3v) is 5.60. The van der Waals surface area contributed by atoms with Crippen LogP contribution in [0.15, 0.2) is 47.4 Å². The molecule has 0 fully saturated rings. The molecule has 2 aromatic carbocycles. The van der Waals surface area contributed by atoms with Gasteiger partial charge in [-0.25, -0.2) is 13.1 Å². The number of methoxy groups -OCH3 is 1. The number of benzene rings is 2. The second-order valence-corrected chi connectivity index (χ2v) is 9.14. The van der Waals surface area contributed by atoms with E-state index in [1.807, 2.05) is 31.2 Å². The van der Waals surface area contributed by atoms with E-state index in [4.69, 9.17) is 9.47 Å². The van der Waals surface area contributed by atoms with Crippen molar-refractivity contribution < 1.29 is 22.7 Å². The summed E-state index contributed by atoms with van der Waals surface area (Å²) in [5, 5.41) is 2.80. The molecule has 0 aliphatic carbocycles. The molecule has 0 aromatic heterocycles. The van der Waals surface area contributed by atoms with Crippen molar-refractivity contribution in [1.82, 2.24) is 10.0 Å². The van der Waals surface area contributed by atoms with Gasteiger partial charge in [-0.05, 0) is 63.6 Å².